The Balaban J connectivity index is 1.78. The van der Waals surface area contributed by atoms with E-state index in [0.717, 1.165) is 23.0 Å². The lowest BCUT2D eigenvalue weighted by Gasteiger charge is -2.09. The minimum absolute atomic E-state index is 0.724. The van der Waals surface area contributed by atoms with Gasteiger partial charge in [-0.1, -0.05) is 12.8 Å². The van der Waals surface area contributed by atoms with Crippen LogP contribution in [0.15, 0.2) is 10.9 Å². The number of hydrogen-bond donors (Lipinski definition) is 2. The molecule has 3 nitrogen and oxygen atoms in total. The number of halogens is 1. The molecule has 0 bridgehead atoms. The topological polar surface area (TPSA) is 40.7 Å². The highest BCUT2D eigenvalue weighted by Crippen LogP contribution is 2.17. The largest absolute Gasteiger partial charge is 0.335 e. The number of nitrogens with zero attached hydrogens (tertiary/aromatic N) is 1. The Hall–Kier alpha value is -0.350. The van der Waals surface area contributed by atoms with Crippen LogP contribution >= 0.6 is 15.9 Å². The zero-order valence-electron chi connectivity index (χ0n) is 7.52. The van der Waals surface area contributed by atoms with Crippen molar-refractivity contribution in [1.29, 1.82) is 0 Å². The Morgan fingerprint density at radius 1 is 1.54 bits per heavy atom. The minimum atomic E-state index is 0.724. The Bertz CT molecular complexity index is 266. The fourth-order valence-corrected chi connectivity index (χ4v) is 2.16. The van der Waals surface area contributed by atoms with Gasteiger partial charge < -0.3 is 10.3 Å². The second-order valence-electron chi connectivity index (χ2n) is 3.56. The van der Waals surface area contributed by atoms with E-state index < -0.39 is 0 Å². The third-order valence-corrected chi connectivity index (χ3v) is 2.94. The third-order valence-electron chi connectivity index (χ3n) is 2.53. The van der Waals surface area contributed by atoms with Crippen molar-refractivity contribution in [2.24, 2.45) is 0 Å². The van der Waals surface area contributed by atoms with E-state index in [4.69, 9.17) is 0 Å². The molecule has 0 atom stereocenters. The second kappa shape index (κ2) is 4.24. The van der Waals surface area contributed by atoms with Gasteiger partial charge in [0.1, 0.15) is 0 Å². The van der Waals surface area contributed by atoms with Gasteiger partial charge in [0.25, 0.3) is 0 Å². The molecule has 0 saturated heterocycles. The number of hydrogen-bond acceptors (Lipinski definition) is 2. The van der Waals surface area contributed by atoms with Crippen LogP contribution in [0.2, 0.25) is 0 Å². The van der Waals surface area contributed by atoms with Crippen LogP contribution in [0.25, 0.3) is 0 Å². The molecule has 1 saturated carbocycles. The molecular formula is C9H14BrN3. The predicted molar refractivity (Wildman–Crippen MR) is 55.4 cm³/mol. The lowest BCUT2D eigenvalue weighted by molar-refractivity contribution is 0.520. The first kappa shape index (κ1) is 9.21. The third kappa shape index (κ3) is 2.54. The standard InChI is InChI=1S/C9H14BrN3/c10-9-12-6-8(13-9)5-11-7-3-1-2-4-7/h6-7,11H,1-5H2,(H,12,13). The van der Waals surface area contributed by atoms with Crippen molar-refractivity contribution in [3.63, 3.8) is 0 Å². The minimum Gasteiger partial charge on any atom is -0.335 e. The van der Waals surface area contributed by atoms with Crippen molar-refractivity contribution in [3.05, 3.63) is 16.6 Å². The van der Waals surface area contributed by atoms with E-state index in [-0.39, 0.29) is 0 Å². The normalized spacial score (nSPS) is 18.2. The van der Waals surface area contributed by atoms with E-state index in [1.54, 1.807) is 0 Å². The van der Waals surface area contributed by atoms with Crippen molar-refractivity contribution < 1.29 is 0 Å². The van der Waals surface area contributed by atoms with Gasteiger partial charge in [-0.25, -0.2) is 4.98 Å². The number of aromatic nitrogens is 2. The van der Waals surface area contributed by atoms with Gasteiger partial charge in [-0.3, -0.25) is 0 Å². The molecule has 1 aliphatic carbocycles. The first-order chi connectivity index (χ1) is 6.34. The number of H-pyrrole nitrogens is 1. The van der Waals surface area contributed by atoms with Crippen LogP contribution in [0.3, 0.4) is 0 Å². The highest BCUT2D eigenvalue weighted by Gasteiger charge is 2.13. The van der Waals surface area contributed by atoms with Gasteiger partial charge in [-0.15, -0.1) is 0 Å². The second-order valence-corrected chi connectivity index (χ2v) is 4.31. The molecule has 1 heterocycles. The van der Waals surface area contributed by atoms with E-state index in [0.29, 0.717) is 0 Å². The predicted octanol–water partition coefficient (Wildman–Crippen LogP) is 2.20. The molecule has 1 aromatic rings. The Morgan fingerprint density at radius 3 is 2.92 bits per heavy atom. The van der Waals surface area contributed by atoms with Crippen molar-refractivity contribution in [3.8, 4) is 0 Å². The van der Waals surface area contributed by atoms with Crippen LogP contribution in [0.4, 0.5) is 0 Å². The lowest BCUT2D eigenvalue weighted by Crippen LogP contribution is -2.25. The molecule has 0 amide bonds. The van der Waals surface area contributed by atoms with Crippen molar-refractivity contribution in [2.45, 2.75) is 38.3 Å². The molecule has 0 unspecified atom stereocenters. The summed E-state index contributed by atoms with van der Waals surface area (Å²) in [7, 11) is 0. The van der Waals surface area contributed by atoms with Crippen LogP contribution in [0, 0.1) is 0 Å². The number of nitrogens with one attached hydrogen (secondary N) is 2. The van der Waals surface area contributed by atoms with Crippen LogP contribution < -0.4 is 5.32 Å². The average molecular weight is 244 g/mol. The van der Waals surface area contributed by atoms with E-state index in [2.05, 4.69) is 31.2 Å². The van der Waals surface area contributed by atoms with E-state index in [1.165, 1.54) is 25.7 Å². The van der Waals surface area contributed by atoms with Gasteiger partial charge in [0.15, 0.2) is 4.73 Å². The van der Waals surface area contributed by atoms with Gasteiger partial charge in [-0.05, 0) is 28.8 Å². The van der Waals surface area contributed by atoms with Gasteiger partial charge in [0, 0.05) is 18.3 Å². The summed E-state index contributed by atoms with van der Waals surface area (Å²) in [5.41, 5.74) is 1.15. The monoisotopic (exact) mass is 243 g/mol. The van der Waals surface area contributed by atoms with Gasteiger partial charge in [0.2, 0.25) is 0 Å². The summed E-state index contributed by atoms with van der Waals surface area (Å²) >= 11 is 3.29. The fraction of sp³-hybridized carbons (Fsp3) is 0.667. The molecule has 2 rings (SSSR count). The maximum absolute atomic E-state index is 4.08. The van der Waals surface area contributed by atoms with E-state index in [9.17, 15) is 0 Å². The average Bonchev–Trinajstić information content (AvgIpc) is 2.71. The number of aromatic amines is 1. The zero-order valence-corrected chi connectivity index (χ0v) is 9.10. The summed E-state index contributed by atoms with van der Waals surface area (Å²) in [5.74, 6) is 0. The summed E-state index contributed by atoms with van der Waals surface area (Å²) in [6.07, 6.45) is 7.28. The quantitative estimate of drug-likeness (QED) is 0.855. The summed E-state index contributed by atoms with van der Waals surface area (Å²) in [4.78, 5) is 7.23. The van der Waals surface area contributed by atoms with E-state index in [1.807, 2.05) is 6.20 Å². The highest BCUT2D eigenvalue weighted by atomic mass is 79.9. The van der Waals surface area contributed by atoms with Crippen LogP contribution in [0.5, 0.6) is 0 Å². The van der Waals surface area contributed by atoms with E-state index >= 15 is 0 Å². The summed E-state index contributed by atoms with van der Waals surface area (Å²) < 4.78 is 0.815. The lowest BCUT2D eigenvalue weighted by atomic mass is 10.2. The molecule has 0 aliphatic heterocycles. The van der Waals surface area contributed by atoms with Crippen molar-refractivity contribution in [1.82, 2.24) is 15.3 Å². The Kier molecular flexibility index (Phi) is 3.01. The molecule has 1 fully saturated rings. The van der Waals surface area contributed by atoms with Gasteiger partial charge in [-0.2, -0.15) is 0 Å². The summed E-state index contributed by atoms with van der Waals surface area (Å²) in [6, 6.07) is 0.724. The molecule has 4 heteroatoms. The maximum Gasteiger partial charge on any atom is 0.174 e. The van der Waals surface area contributed by atoms with Crippen LogP contribution in [-0.4, -0.2) is 16.0 Å². The molecule has 72 valence electrons. The van der Waals surface area contributed by atoms with Crippen LogP contribution in [-0.2, 0) is 6.54 Å². The fourth-order valence-electron chi connectivity index (χ4n) is 1.81. The first-order valence-corrected chi connectivity index (χ1v) is 5.56. The molecular weight excluding hydrogens is 230 g/mol. The summed E-state index contributed by atoms with van der Waals surface area (Å²) in [6.45, 7) is 0.906. The molecule has 0 aromatic carbocycles. The van der Waals surface area contributed by atoms with Gasteiger partial charge in [0.05, 0.1) is 6.20 Å². The smallest absolute Gasteiger partial charge is 0.174 e. The number of rotatable bonds is 3. The molecule has 0 spiro atoms. The molecule has 0 radical (unpaired) electrons. The molecule has 2 N–H and O–H groups in total. The summed E-state index contributed by atoms with van der Waals surface area (Å²) in [5, 5.41) is 3.52. The molecule has 1 aromatic heterocycles. The zero-order chi connectivity index (χ0) is 9.10. The SMILES string of the molecule is Brc1ncc(CNC2CCCC2)[nH]1. The molecule has 1 aliphatic rings. The van der Waals surface area contributed by atoms with Crippen molar-refractivity contribution >= 4 is 15.9 Å². The van der Waals surface area contributed by atoms with Crippen molar-refractivity contribution in [2.75, 3.05) is 0 Å². The first-order valence-electron chi connectivity index (χ1n) is 4.77. The maximum atomic E-state index is 4.08. The Morgan fingerprint density at radius 2 is 2.31 bits per heavy atom. The Labute approximate surface area is 86.5 Å². The van der Waals surface area contributed by atoms with Gasteiger partial charge >= 0.3 is 0 Å². The highest BCUT2D eigenvalue weighted by molar-refractivity contribution is 9.10. The molecule has 13 heavy (non-hydrogen) atoms. The number of imidazole rings is 1. The van der Waals surface area contributed by atoms with Crippen LogP contribution in [0.1, 0.15) is 31.4 Å².